The topological polar surface area (TPSA) is 133 Å². The molecule has 0 spiro atoms. The van der Waals surface area contributed by atoms with Crippen molar-refractivity contribution < 1.29 is 20.1 Å². The summed E-state index contributed by atoms with van der Waals surface area (Å²) < 4.78 is 1.82. The molecule has 0 aromatic carbocycles. The van der Waals surface area contributed by atoms with Crippen LogP contribution in [0, 0.1) is 17.8 Å². The Morgan fingerprint density at radius 1 is 1.34 bits per heavy atom. The van der Waals surface area contributed by atoms with E-state index >= 15 is 0 Å². The number of hydrogen-bond acceptors (Lipinski definition) is 8. The Morgan fingerprint density at radius 3 is 2.69 bits per heavy atom. The van der Waals surface area contributed by atoms with Crippen LogP contribution in [0.2, 0.25) is 4.34 Å². The third kappa shape index (κ3) is 4.33. The lowest BCUT2D eigenvalue weighted by atomic mass is 9.98. The zero-order valence-corrected chi connectivity index (χ0v) is 17.1. The van der Waals surface area contributed by atoms with Gasteiger partial charge in [0.15, 0.2) is 23.2 Å². The number of nitrogens with one attached hydrogen (secondary N) is 1. The molecule has 0 saturated carbocycles. The van der Waals surface area contributed by atoms with Gasteiger partial charge >= 0.3 is 5.97 Å². The van der Waals surface area contributed by atoms with Crippen LogP contribution >= 0.6 is 22.9 Å². The quantitative estimate of drug-likeness (QED) is 0.432. The molecular weight excluding hydrogens is 418 g/mol. The van der Waals surface area contributed by atoms with Crippen molar-refractivity contribution in [1.29, 1.82) is 0 Å². The molecule has 0 bridgehead atoms. The van der Waals surface area contributed by atoms with Crippen molar-refractivity contribution in [2.24, 2.45) is 5.92 Å². The van der Waals surface area contributed by atoms with Gasteiger partial charge in [0.2, 0.25) is 5.82 Å². The van der Waals surface area contributed by atoms with Gasteiger partial charge in [-0.15, -0.1) is 11.3 Å². The van der Waals surface area contributed by atoms with Gasteiger partial charge in [-0.25, -0.2) is 15.0 Å². The van der Waals surface area contributed by atoms with Crippen LogP contribution in [0.4, 0.5) is 5.82 Å². The van der Waals surface area contributed by atoms with E-state index in [1.54, 1.807) is 26.1 Å². The second-order valence-corrected chi connectivity index (χ2v) is 7.80. The van der Waals surface area contributed by atoms with E-state index in [1.807, 2.05) is 0 Å². The highest BCUT2D eigenvalue weighted by atomic mass is 35.5. The number of imidazole rings is 1. The van der Waals surface area contributed by atoms with Crippen LogP contribution in [0.25, 0.3) is 11.2 Å². The number of aromatic nitrogens is 4. The minimum absolute atomic E-state index is 0.150. The number of carboxylic acid groups (broad SMARTS) is 1. The highest BCUT2D eigenvalue weighted by Crippen LogP contribution is 2.26. The number of thiophene rings is 1. The van der Waals surface area contributed by atoms with Gasteiger partial charge in [-0.2, -0.15) is 0 Å². The van der Waals surface area contributed by atoms with Gasteiger partial charge in [0.25, 0.3) is 0 Å². The maximum Gasteiger partial charge on any atom is 0.309 e. The molecule has 9 nitrogen and oxygen atoms in total. The first-order valence-electron chi connectivity index (χ1n) is 8.64. The van der Waals surface area contributed by atoms with Gasteiger partial charge in [-0.3, -0.25) is 9.36 Å². The van der Waals surface area contributed by atoms with Crippen LogP contribution in [0.1, 0.15) is 30.3 Å². The summed E-state index contributed by atoms with van der Waals surface area (Å²) in [5.74, 6) is 3.96. The van der Waals surface area contributed by atoms with Crippen LogP contribution in [0.3, 0.4) is 0 Å². The van der Waals surface area contributed by atoms with Crippen molar-refractivity contribution in [3.05, 3.63) is 33.5 Å². The molecule has 152 valence electrons. The number of rotatable bonds is 6. The summed E-state index contributed by atoms with van der Waals surface area (Å²) >= 11 is 7.22. The summed E-state index contributed by atoms with van der Waals surface area (Å²) in [7, 11) is 1.65. The first-order valence-corrected chi connectivity index (χ1v) is 9.83. The molecule has 0 aliphatic heterocycles. The molecular formula is C18H18ClN5O4S. The van der Waals surface area contributed by atoms with Crippen LogP contribution < -0.4 is 5.32 Å². The van der Waals surface area contributed by atoms with E-state index in [0.29, 0.717) is 15.7 Å². The molecule has 0 aliphatic rings. The maximum absolute atomic E-state index is 11.3. The van der Waals surface area contributed by atoms with Gasteiger partial charge in [0.05, 0.1) is 21.5 Å². The van der Waals surface area contributed by atoms with Gasteiger partial charge in [0.1, 0.15) is 6.10 Å². The van der Waals surface area contributed by atoms with Crippen LogP contribution in [0.5, 0.6) is 0 Å². The van der Waals surface area contributed by atoms with Crippen molar-refractivity contribution in [2.75, 3.05) is 12.4 Å². The molecule has 3 aromatic rings. The molecule has 0 saturated heterocycles. The molecule has 0 radical (unpaired) electrons. The lowest BCUT2D eigenvalue weighted by Gasteiger charge is -2.23. The SMILES string of the molecule is CC[C@H](C(=O)O)[C@@H](O)[C@@H](O)n1cnc2c(NC)nc(C#Cc3ccc(Cl)s3)nc21. The van der Waals surface area contributed by atoms with E-state index in [9.17, 15) is 20.1 Å². The minimum Gasteiger partial charge on any atom is -0.481 e. The number of anilines is 1. The molecule has 0 unspecified atom stereocenters. The number of aliphatic hydroxyl groups is 2. The van der Waals surface area contributed by atoms with Crippen molar-refractivity contribution in [2.45, 2.75) is 25.7 Å². The Balaban J connectivity index is 2.03. The fraction of sp³-hybridized carbons (Fsp3) is 0.333. The molecule has 3 rings (SSSR count). The number of hydrogen-bond donors (Lipinski definition) is 4. The second-order valence-electron chi connectivity index (χ2n) is 6.08. The number of halogens is 1. The summed E-state index contributed by atoms with van der Waals surface area (Å²) in [5.41, 5.74) is 0.566. The van der Waals surface area contributed by atoms with Gasteiger partial charge < -0.3 is 20.6 Å². The van der Waals surface area contributed by atoms with Crippen LogP contribution in [-0.4, -0.2) is 54.0 Å². The number of carboxylic acids is 1. The predicted octanol–water partition coefficient (Wildman–Crippen LogP) is 1.95. The fourth-order valence-electron chi connectivity index (χ4n) is 2.77. The van der Waals surface area contributed by atoms with Gasteiger partial charge in [-0.1, -0.05) is 18.5 Å². The number of carbonyl (C=O) groups is 1. The highest BCUT2D eigenvalue weighted by molar-refractivity contribution is 7.16. The van der Waals surface area contributed by atoms with Crippen molar-refractivity contribution in [1.82, 2.24) is 19.5 Å². The molecule has 3 atom stereocenters. The smallest absolute Gasteiger partial charge is 0.309 e. The Morgan fingerprint density at radius 2 is 2.10 bits per heavy atom. The third-order valence-electron chi connectivity index (χ3n) is 4.29. The van der Waals surface area contributed by atoms with Gasteiger partial charge in [0, 0.05) is 7.05 Å². The van der Waals surface area contributed by atoms with E-state index in [-0.39, 0.29) is 17.9 Å². The zero-order valence-electron chi connectivity index (χ0n) is 15.5. The summed E-state index contributed by atoms with van der Waals surface area (Å²) in [6.45, 7) is 1.62. The Labute approximate surface area is 175 Å². The number of nitrogens with zero attached hydrogens (tertiary/aromatic N) is 4. The average Bonchev–Trinajstić information content (AvgIpc) is 3.31. The maximum atomic E-state index is 11.3. The zero-order chi connectivity index (χ0) is 21.1. The molecule has 0 aliphatic carbocycles. The molecule has 3 aromatic heterocycles. The predicted molar refractivity (Wildman–Crippen MR) is 109 cm³/mol. The van der Waals surface area contributed by atoms with E-state index in [1.165, 1.54) is 22.2 Å². The van der Waals surface area contributed by atoms with E-state index in [2.05, 4.69) is 32.1 Å². The van der Waals surface area contributed by atoms with Crippen molar-refractivity contribution >= 4 is 45.9 Å². The minimum atomic E-state index is -1.56. The second kappa shape index (κ2) is 8.75. The van der Waals surface area contributed by atoms with Gasteiger partial charge in [-0.05, 0) is 30.4 Å². The van der Waals surface area contributed by atoms with Crippen LogP contribution in [0.15, 0.2) is 18.5 Å². The Bertz CT molecular complexity index is 1100. The largest absolute Gasteiger partial charge is 0.481 e. The molecule has 0 fully saturated rings. The molecule has 4 N–H and O–H groups in total. The molecule has 0 amide bonds. The fourth-order valence-corrected chi connectivity index (χ4v) is 3.67. The van der Waals surface area contributed by atoms with Crippen molar-refractivity contribution in [3.63, 3.8) is 0 Å². The summed E-state index contributed by atoms with van der Waals surface area (Å²) in [6.07, 6.45) is -1.68. The summed E-state index contributed by atoms with van der Waals surface area (Å²) in [6, 6.07) is 3.51. The normalized spacial score (nSPS) is 14.1. The molecule has 11 heteroatoms. The summed E-state index contributed by atoms with van der Waals surface area (Å²) in [5, 5.41) is 33.1. The monoisotopic (exact) mass is 435 g/mol. The van der Waals surface area contributed by atoms with E-state index in [0.717, 1.165) is 4.88 Å². The number of aliphatic carboxylic acids is 1. The Hall–Kier alpha value is -2.71. The standard InChI is InChI=1S/C18H18ClN5O4S/c1-3-10(18(27)28)14(25)17(26)24-8-21-13-15(20-2)22-12(23-16(13)24)7-5-9-4-6-11(19)29-9/h4,6,8,10,14,17,25-26H,3H2,1-2H3,(H,27,28)(H,20,22,23)/t10-,14+,17+/m0/s1. The van der Waals surface area contributed by atoms with Crippen LogP contribution in [-0.2, 0) is 4.79 Å². The van der Waals surface area contributed by atoms with E-state index < -0.39 is 24.2 Å². The number of fused-ring (bicyclic) bond motifs is 1. The first kappa shape index (κ1) is 21.0. The average molecular weight is 436 g/mol. The molecule has 29 heavy (non-hydrogen) atoms. The lowest BCUT2D eigenvalue weighted by Crippen LogP contribution is -2.35. The Kier molecular flexibility index (Phi) is 6.34. The molecule has 3 heterocycles. The van der Waals surface area contributed by atoms with Crippen molar-refractivity contribution in [3.8, 4) is 11.8 Å². The van der Waals surface area contributed by atoms with E-state index in [4.69, 9.17) is 11.6 Å². The number of aliphatic hydroxyl groups excluding tert-OH is 2. The third-order valence-corrected chi connectivity index (χ3v) is 5.44. The summed E-state index contributed by atoms with van der Waals surface area (Å²) in [4.78, 5) is 24.9. The highest BCUT2D eigenvalue weighted by Gasteiger charge is 2.32. The first-order chi connectivity index (χ1) is 13.8. The lowest BCUT2D eigenvalue weighted by molar-refractivity contribution is -0.152.